The van der Waals surface area contributed by atoms with E-state index in [1.807, 2.05) is 19.1 Å². The van der Waals surface area contributed by atoms with Crippen LogP contribution in [0.15, 0.2) is 36.4 Å². The van der Waals surface area contributed by atoms with Crippen LogP contribution in [0, 0.1) is 12.7 Å². The molecule has 0 spiro atoms. The SMILES string of the molecule is Cc1ccc(OCc2cc(F)ccc2Cl)c(CBr)c1. The first kappa shape index (κ1) is 14.4. The smallest absolute Gasteiger partial charge is 0.123 e. The molecule has 0 atom stereocenters. The predicted molar refractivity (Wildman–Crippen MR) is 79.6 cm³/mol. The van der Waals surface area contributed by atoms with Crippen molar-refractivity contribution in [2.75, 3.05) is 0 Å². The molecule has 0 amide bonds. The Bertz CT molecular complexity index is 586. The van der Waals surface area contributed by atoms with E-state index in [0.717, 1.165) is 11.3 Å². The molecule has 0 fully saturated rings. The molecule has 0 bridgehead atoms. The Balaban J connectivity index is 2.16. The predicted octanol–water partition coefficient (Wildman–Crippen LogP) is 5.26. The van der Waals surface area contributed by atoms with Gasteiger partial charge in [-0.1, -0.05) is 45.2 Å². The van der Waals surface area contributed by atoms with E-state index < -0.39 is 0 Å². The molecular weight excluding hydrogens is 331 g/mol. The lowest BCUT2D eigenvalue weighted by molar-refractivity contribution is 0.303. The molecule has 0 saturated heterocycles. The molecule has 1 nitrogen and oxygen atoms in total. The van der Waals surface area contributed by atoms with Crippen molar-refractivity contribution >= 4 is 27.5 Å². The minimum absolute atomic E-state index is 0.250. The molecule has 4 heteroatoms. The molecule has 0 saturated carbocycles. The highest BCUT2D eigenvalue weighted by Crippen LogP contribution is 2.25. The van der Waals surface area contributed by atoms with Crippen molar-refractivity contribution in [2.45, 2.75) is 18.9 Å². The number of ether oxygens (including phenoxy) is 1. The molecule has 0 unspecified atom stereocenters. The van der Waals surface area contributed by atoms with Crippen LogP contribution in [0.4, 0.5) is 4.39 Å². The van der Waals surface area contributed by atoms with E-state index in [0.29, 0.717) is 15.9 Å². The summed E-state index contributed by atoms with van der Waals surface area (Å²) in [6.45, 7) is 2.28. The van der Waals surface area contributed by atoms with Crippen molar-refractivity contribution < 1.29 is 9.13 Å². The van der Waals surface area contributed by atoms with Gasteiger partial charge in [0, 0.05) is 21.5 Å². The van der Waals surface area contributed by atoms with Crippen LogP contribution < -0.4 is 4.74 Å². The van der Waals surface area contributed by atoms with Crippen molar-refractivity contribution in [1.29, 1.82) is 0 Å². The van der Waals surface area contributed by atoms with Gasteiger partial charge in [-0.3, -0.25) is 0 Å². The van der Waals surface area contributed by atoms with E-state index in [1.165, 1.54) is 23.8 Å². The van der Waals surface area contributed by atoms with Crippen LogP contribution in [0.1, 0.15) is 16.7 Å². The summed E-state index contributed by atoms with van der Waals surface area (Å²) in [5.41, 5.74) is 2.88. The molecule has 0 aliphatic carbocycles. The molecule has 2 rings (SSSR count). The molecule has 0 heterocycles. The number of rotatable bonds is 4. The van der Waals surface area contributed by atoms with E-state index in [9.17, 15) is 4.39 Å². The summed E-state index contributed by atoms with van der Waals surface area (Å²) in [5.74, 6) is 0.468. The average molecular weight is 344 g/mol. The third-order valence-corrected chi connectivity index (χ3v) is 3.72. The highest BCUT2D eigenvalue weighted by Gasteiger charge is 2.06. The van der Waals surface area contributed by atoms with Crippen LogP contribution in [-0.2, 0) is 11.9 Å². The third kappa shape index (κ3) is 3.71. The van der Waals surface area contributed by atoms with Crippen molar-refractivity contribution in [3.63, 3.8) is 0 Å². The van der Waals surface area contributed by atoms with Crippen LogP contribution in [0.3, 0.4) is 0 Å². The monoisotopic (exact) mass is 342 g/mol. The molecule has 19 heavy (non-hydrogen) atoms. The Morgan fingerprint density at radius 3 is 2.68 bits per heavy atom. The summed E-state index contributed by atoms with van der Waals surface area (Å²) in [6, 6.07) is 10.2. The molecule has 2 aromatic rings. The Morgan fingerprint density at radius 1 is 1.16 bits per heavy atom. The van der Waals surface area contributed by atoms with Crippen molar-refractivity contribution in [3.05, 3.63) is 63.9 Å². The van der Waals surface area contributed by atoms with Gasteiger partial charge < -0.3 is 4.74 Å². The minimum Gasteiger partial charge on any atom is -0.489 e. The first-order valence-electron chi connectivity index (χ1n) is 5.82. The molecule has 0 N–H and O–H groups in total. The zero-order chi connectivity index (χ0) is 13.8. The van der Waals surface area contributed by atoms with E-state index in [4.69, 9.17) is 16.3 Å². The molecule has 0 aliphatic rings. The lowest BCUT2D eigenvalue weighted by atomic mass is 10.1. The molecule has 0 aliphatic heterocycles. The summed E-state index contributed by atoms with van der Waals surface area (Å²) >= 11 is 9.43. The maximum atomic E-state index is 13.1. The normalized spacial score (nSPS) is 10.5. The first-order valence-corrected chi connectivity index (χ1v) is 7.32. The zero-order valence-electron chi connectivity index (χ0n) is 10.4. The number of hydrogen-bond acceptors (Lipinski definition) is 1. The minimum atomic E-state index is -0.312. The van der Waals surface area contributed by atoms with Gasteiger partial charge in [-0.25, -0.2) is 4.39 Å². The fraction of sp³-hybridized carbons (Fsp3) is 0.200. The van der Waals surface area contributed by atoms with Crippen LogP contribution in [0.2, 0.25) is 5.02 Å². The summed E-state index contributed by atoms with van der Waals surface area (Å²) in [6.07, 6.45) is 0. The Hall–Kier alpha value is -1.06. The van der Waals surface area contributed by atoms with E-state index >= 15 is 0 Å². The van der Waals surface area contributed by atoms with E-state index in [1.54, 1.807) is 0 Å². The maximum absolute atomic E-state index is 13.1. The van der Waals surface area contributed by atoms with Gasteiger partial charge in [0.15, 0.2) is 0 Å². The van der Waals surface area contributed by atoms with Gasteiger partial charge in [-0.05, 0) is 31.2 Å². The van der Waals surface area contributed by atoms with Gasteiger partial charge in [0.25, 0.3) is 0 Å². The van der Waals surface area contributed by atoms with Crippen molar-refractivity contribution in [1.82, 2.24) is 0 Å². The van der Waals surface area contributed by atoms with Crippen LogP contribution in [0.5, 0.6) is 5.75 Å². The Kier molecular flexibility index (Phi) is 4.83. The second kappa shape index (κ2) is 6.40. The summed E-state index contributed by atoms with van der Waals surface area (Å²) in [5, 5.41) is 1.22. The molecule has 0 radical (unpaired) electrons. The highest BCUT2D eigenvalue weighted by atomic mass is 79.9. The van der Waals surface area contributed by atoms with Gasteiger partial charge in [-0.2, -0.15) is 0 Å². The van der Waals surface area contributed by atoms with Gasteiger partial charge in [-0.15, -0.1) is 0 Å². The lowest BCUT2D eigenvalue weighted by Crippen LogP contribution is -1.99. The molecule has 100 valence electrons. The van der Waals surface area contributed by atoms with Crippen molar-refractivity contribution in [3.8, 4) is 5.75 Å². The average Bonchev–Trinajstić information content (AvgIpc) is 2.40. The first-order chi connectivity index (χ1) is 9.10. The number of alkyl halides is 1. The topological polar surface area (TPSA) is 9.23 Å². The van der Waals surface area contributed by atoms with Crippen LogP contribution in [0.25, 0.3) is 0 Å². The summed E-state index contributed by atoms with van der Waals surface area (Å²) in [4.78, 5) is 0. The quantitative estimate of drug-likeness (QED) is 0.688. The largest absolute Gasteiger partial charge is 0.489 e. The van der Waals surface area contributed by atoms with Gasteiger partial charge in [0.2, 0.25) is 0 Å². The van der Waals surface area contributed by atoms with Gasteiger partial charge in [0.1, 0.15) is 18.2 Å². The number of hydrogen-bond donors (Lipinski definition) is 0. The molecular formula is C15H13BrClFO. The number of aryl methyl sites for hydroxylation is 1. The zero-order valence-corrected chi connectivity index (χ0v) is 12.8. The molecule has 0 aromatic heterocycles. The van der Waals surface area contributed by atoms with Crippen LogP contribution in [-0.4, -0.2) is 0 Å². The maximum Gasteiger partial charge on any atom is 0.123 e. The Morgan fingerprint density at radius 2 is 1.95 bits per heavy atom. The van der Waals surface area contributed by atoms with Gasteiger partial charge in [0.05, 0.1) is 0 Å². The Labute approximate surface area is 125 Å². The lowest BCUT2D eigenvalue weighted by Gasteiger charge is -2.12. The number of benzene rings is 2. The fourth-order valence-corrected chi connectivity index (χ4v) is 2.37. The highest BCUT2D eigenvalue weighted by molar-refractivity contribution is 9.08. The molecule has 2 aromatic carbocycles. The number of halogens is 3. The third-order valence-electron chi connectivity index (χ3n) is 2.75. The van der Waals surface area contributed by atoms with Crippen molar-refractivity contribution in [2.24, 2.45) is 0 Å². The van der Waals surface area contributed by atoms with E-state index in [2.05, 4.69) is 22.0 Å². The standard InChI is InChI=1S/C15H13BrClFO/c1-10-2-5-15(11(6-10)8-16)19-9-12-7-13(18)3-4-14(12)17/h2-7H,8-9H2,1H3. The summed E-state index contributed by atoms with van der Waals surface area (Å²) < 4.78 is 18.9. The van der Waals surface area contributed by atoms with Gasteiger partial charge >= 0.3 is 0 Å². The second-order valence-corrected chi connectivity index (χ2v) is 5.24. The second-order valence-electron chi connectivity index (χ2n) is 4.27. The van der Waals surface area contributed by atoms with Crippen LogP contribution >= 0.6 is 27.5 Å². The summed E-state index contributed by atoms with van der Waals surface area (Å²) in [7, 11) is 0. The van der Waals surface area contributed by atoms with E-state index in [-0.39, 0.29) is 12.4 Å². The fourth-order valence-electron chi connectivity index (χ4n) is 1.76.